The minimum Gasteiger partial charge on any atom is -0.481 e. The molecule has 0 rings (SSSR count). The molecule has 3 heteroatoms. The predicted molar refractivity (Wildman–Crippen MR) is 39.6 cm³/mol. The normalized spacial score (nSPS) is 13.5. The second-order valence-electron chi connectivity index (χ2n) is 2.43. The van der Waals surface area contributed by atoms with E-state index in [0.717, 1.165) is 0 Å². The first-order valence-corrected chi connectivity index (χ1v) is 3.11. The van der Waals surface area contributed by atoms with E-state index in [0.29, 0.717) is 0 Å². The molecular weight excluding hydrogens is 130 g/mol. The Morgan fingerprint density at radius 3 is 2.40 bits per heavy atom. The van der Waals surface area contributed by atoms with Gasteiger partial charge in [0.2, 0.25) is 0 Å². The lowest BCUT2D eigenvalue weighted by Gasteiger charge is -2.04. The largest absolute Gasteiger partial charge is 0.481 e. The zero-order valence-corrected chi connectivity index (χ0v) is 6.53. The van der Waals surface area contributed by atoms with Gasteiger partial charge < -0.3 is 10.0 Å². The van der Waals surface area contributed by atoms with E-state index in [9.17, 15) is 4.79 Å². The second-order valence-corrected chi connectivity index (χ2v) is 2.43. The van der Waals surface area contributed by atoms with E-state index in [1.54, 1.807) is 24.1 Å². The summed E-state index contributed by atoms with van der Waals surface area (Å²) in [6.07, 6.45) is 3.38. The van der Waals surface area contributed by atoms with E-state index in [2.05, 4.69) is 0 Å². The van der Waals surface area contributed by atoms with E-state index in [-0.39, 0.29) is 0 Å². The van der Waals surface area contributed by atoms with E-state index < -0.39 is 11.9 Å². The third kappa shape index (κ3) is 3.95. The van der Waals surface area contributed by atoms with Gasteiger partial charge in [0.1, 0.15) is 0 Å². The van der Waals surface area contributed by atoms with Gasteiger partial charge >= 0.3 is 5.97 Å². The van der Waals surface area contributed by atoms with Crippen molar-refractivity contribution in [3.05, 3.63) is 12.3 Å². The molecule has 0 amide bonds. The monoisotopic (exact) mass is 143 g/mol. The number of hydrogen-bond acceptors (Lipinski definition) is 2. The molecule has 0 aliphatic carbocycles. The highest BCUT2D eigenvalue weighted by molar-refractivity contribution is 5.71. The van der Waals surface area contributed by atoms with Crippen LogP contribution in [-0.2, 0) is 4.79 Å². The smallest absolute Gasteiger partial charge is 0.310 e. The maximum atomic E-state index is 10.2. The molecular formula is C7H13NO2. The van der Waals surface area contributed by atoms with Gasteiger partial charge in [0.25, 0.3) is 0 Å². The lowest BCUT2D eigenvalue weighted by atomic mass is 10.2. The molecule has 0 aromatic rings. The highest BCUT2D eigenvalue weighted by atomic mass is 16.4. The van der Waals surface area contributed by atoms with Gasteiger partial charge in [0.15, 0.2) is 0 Å². The van der Waals surface area contributed by atoms with Gasteiger partial charge in [0, 0.05) is 14.1 Å². The van der Waals surface area contributed by atoms with Crippen LogP contribution < -0.4 is 0 Å². The molecule has 0 aromatic carbocycles. The average molecular weight is 143 g/mol. The molecule has 0 bridgehead atoms. The summed E-state index contributed by atoms with van der Waals surface area (Å²) in [6, 6.07) is 0. The molecule has 1 unspecified atom stereocenters. The first kappa shape index (κ1) is 9.01. The van der Waals surface area contributed by atoms with Crippen molar-refractivity contribution in [1.82, 2.24) is 4.90 Å². The quantitative estimate of drug-likeness (QED) is 0.634. The standard InChI is InChI=1S/C7H13NO2/c1-6(7(9)10)4-5-8(2)3/h4-6H,1-3H3,(H,9,10)/b5-4-. The number of carboxylic acids is 1. The average Bonchev–Trinajstić information content (AvgIpc) is 1.82. The molecule has 0 saturated heterocycles. The van der Waals surface area contributed by atoms with Crippen LogP contribution in [0.1, 0.15) is 6.92 Å². The number of carbonyl (C=O) groups is 1. The van der Waals surface area contributed by atoms with Gasteiger partial charge in [0.05, 0.1) is 5.92 Å². The Kier molecular flexibility index (Phi) is 3.54. The van der Waals surface area contributed by atoms with Gasteiger partial charge in [-0.2, -0.15) is 0 Å². The number of hydrogen-bond donors (Lipinski definition) is 1. The molecule has 3 nitrogen and oxygen atoms in total. The summed E-state index contributed by atoms with van der Waals surface area (Å²) < 4.78 is 0. The van der Waals surface area contributed by atoms with E-state index in [4.69, 9.17) is 5.11 Å². The van der Waals surface area contributed by atoms with E-state index in [1.165, 1.54) is 0 Å². The second kappa shape index (κ2) is 3.93. The molecule has 1 atom stereocenters. The van der Waals surface area contributed by atoms with Crippen LogP contribution in [0.3, 0.4) is 0 Å². The molecule has 1 N–H and O–H groups in total. The summed E-state index contributed by atoms with van der Waals surface area (Å²) in [6.45, 7) is 1.64. The predicted octanol–water partition coefficient (Wildman–Crippen LogP) is 0.782. The van der Waals surface area contributed by atoms with Crippen molar-refractivity contribution < 1.29 is 9.90 Å². The van der Waals surface area contributed by atoms with Crippen LogP contribution in [0.2, 0.25) is 0 Å². The van der Waals surface area contributed by atoms with Crippen LogP contribution in [0.4, 0.5) is 0 Å². The Morgan fingerprint density at radius 2 is 2.10 bits per heavy atom. The van der Waals surface area contributed by atoms with E-state index in [1.807, 2.05) is 14.1 Å². The summed E-state index contributed by atoms with van der Waals surface area (Å²) in [4.78, 5) is 12.0. The van der Waals surface area contributed by atoms with Crippen molar-refractivity contribution in [1.29, 1.82) is 0 Å². The minimum absolute atomic E-state index is 0.401. The topological polar surface area (TPSA) is 40.5 Å². The molecule has 0 saturated carbocycles. The molecule has 0 radical (unpaired) electrons. The number of rotatable bonds is 3. The van der Waals surface area contributed by atoms with Crippen LogP contribution in [0.5, 0.6) is 0 Å². The first-order chi connectivity index (χ1) is 4.54. The van der Waals surface area contributed by atoms with Crippen molar-refractivity contribution in [3.8, 4) is 0 Å². The van der Waals surface area contributed by atoms with Crippen molar-refractivity contribution >= 4 is 5.97 Å². The lowest BCUT2D eigenvalue weighted by Crippen LogP contribution is -2.08. The van der Waals surface area contributed by atoms with Crippen LogP contribution in [0.15, 0.2) is 12.3 Å². The molecule has 0 heterocycles. The van der Waals surface area contributed by atoms with Gasteiger partial charge in [-0.25, -0.2) is 0 Å². The summed E-state index contributed by atoms with van der Waals surface area (Å²) in [5.41, 5.74) is 0. The molecule has 10 heavy (non-hydrogen) atoms. The summed E-state index contributed by atoms with van der Waals surface area (Å²) in [5, 5.41) is 8.43. The summed E-state index contributed by atoms with van der Waals surface area (Å²) in [7, 11) is 3.70. The van der Waals surface area contributed by atoms with Gasteiger partial charge in [-0.1, -0.05) is 6.08 Å². The lowest BCUT2D eigenvalue weighted by molar-refractivity contribution is -0.139. The fourth-order valence-corrected chi connectivity index (χ4v) is 0.384. The fraction of sp³-hybridized carbons (Fsp3) is 0.571. The molecule has 0 aliphatic rings. The Labute approximate surface area is 61.0 Å². The zero-order chi connectivity index (χ0) is 8.15. The highest BCUT2D eigenvalue weighted by Gasteiger charge is 2.04. The molecule has 0 spiro atoms. The Balaban J connectivity index is 3.77. The maximum Gasteiger partial charge on any atom is 0.310 e. The van der Waals surface area contributed by atoms with E-state index >= 15 is 0 Å². The van der Waals surface area contributed by atoms with Crippen molar-refractivity contribution in [2.75, 3.05) is 14.1 Å². The van der Waals surface area contributed by atoms with Crippen molar-refractivity contribution in [3.63, 3.8) is 0 Å². The maximum absolute atomic E-state index is 10.2. The molecule has 0 fully saturated rings. The third-order valence-corrected chi connectivity index (χ3v) is 1.06. The zero-order valence-electron chi connectivity index (χ0n) is 6.53. The van der Waals surface area contributed by atoms with Gasteiger partial charge in [-0.15, -0.1) is 0 Å². The summed E-state index contributed by atoms with van der Waals surface area (Å²) in [5.74, 6) is -1.19. The number of nitrogens with zero attached hydrogens (tertiary/aromatic N) is 1. The van der Waals surface area contributed by atoms with Crippen LogP contribution >= 0.6 is 0 Å². The van der Waals surface area contributed by atoms with Crippen LogP contribution in [0.25, 0.3) is 0 Å². The SMILES string of the molecule is CC(/C=C\N(C)C)C(=O)O. The van der Waals surface area contributed by atoms with Crippen LogP contribution in [0, 0.1) is 5.92 Å². The molecule has 0 aliphatic heterocycles. The fourth-order valence-electron chi connectivity index (χ4n) is 0.384. The molecule has 58 valence electrons. The minimum atomic E-state index is -0.793. The summed E-state index contributed by atoms with van der Waals surface area (Å²) >= 11 is 0. The van der Waals surface area contributed by atoms with Gasteiger partial charge in [-0.3, -0.25) is 4.79 Å². The van der Waals surface area contributed by atoms with Crippen LogP contribution in [-0.4, -0.2) is 30.1 Å². The molecule has 0 aromatic heterocycles. The third-order valence-electron chi connectivity index (χ3n) is 1.06. The van der Waals surface area contributed by atoms with Crippen molar-refractivity contribution in [2.45, 2.75) is 6.92 Å². The number of carboxylic acid groups (broad SMARTS) is 1. The Morgan fingerprint density at radius 1 is 1.60 bits per heavy atom. The Hall–Kier alpha value is -0.990. The number of aliphatic carboxylic acids is 1. The Bertz CT molecular complexity index is 141. The van der Waals surface area contributed by atoms with Crippen molar-refractivity contribution in [2.24, 2.45) is 5.92 Å². The first-order valence-electron chi connectivity index (χ1n) is 3.11. The van der Waals surface area contributed by atoms with Gasteiger partial charge in [-0.05, 0) is 13.1 Å². The highest BCUT2D eigenvalue weighted by Crippen LogP contribution is 1.96.